The smallest absolute Gasteiger partial charge is 0.306 e. The molecule has 0 amide bonds. The average Bonchev–Trinajstić information content (AvgIpc) is 3.51. The van der Waals surface area contributed by atoms with Gasteiger partial charge in [0.1, 0.15) is 23.4 Å². The Balaban J connectivity index is 1.40. The van der Waals surface area contributed by atoms with Crippen molar-refractivity contribution >= 4 is 5.97 Å². The maximum absolute atomic E-state index is 11.8. The van der Waals surface area contributed by atoms with E-state index < -0.39 is 5.60 Å². The molecule has 2 aliphatic rings. The number of ether oxygens (including phenoxy) is 4. The topological polar surface area (TPSA) is 98.0 Å². The van der Waals surface area contributed by atoms with Gasteiger partial charge >= 0.3 is 5.97 Å². The van der Waals surface area contributed by atoms with Gasteiger partial charge in [-0.2, -0.15) is 5.26 Å². The van der Waals surface area contributed by atoms with Gasteiger partial charge in [-0.3, -0.25) is 4.79 Å². The van der Waals surface area contributed by atoms with Crippen LogP contribution in [-0.2, 0) is 16.0 Å². The molecule has 7 nitrogen and oxygen atoms in total. The number of aryl methyl sites for hydroxylation is 2. The first-order valence-electron chi connectivity index (χ1n) is 14.1. The lowest BCUT2D eigenvalue weighted by molar-refractivity contribution is -0.141. The number of methoxy groups -OCH3 is 1. The summed E-state index contributed by atoms with van der Waals surface area (Å²) in [6, 6.07) is 16.2. The molecule has 1 heterocycles. The summed E-state index contributed by atoms with van der Waals surface area (Å²) in [6.45, 7) is 8.51. The Kier molecular flexibility index (Phi) is 7.97. The van der Waals surface area contributed by atoms with Crippen LogP contribution in [0.15, 0.2) is 42.5 Å². The maximum atomic E-state index is 11.8. The van der Waals surface area contributed by atoms with Crippen LogP contribution in [0.5, 0.6) is 17.2 Å². The molecule has 5 rings (SSSR count). The molecular weight excluding hydrogens is 518 g/mol. The van der Waals surface area contributed by atoms with Crippen LogP contribution in [0, 0.1) is 25.2 Å². The van der Waals surface area contributed by atoms with Gasteiger partial charge in [0.15, 0.2) is 0 Å². The molecule has 3 aromatic carbocycles. The van der Waals surface area contributed by atoms with E-state index in [1.165, 1.54) is 7.11 Å². The monoisotopic (exact) mass is 555 g/mol. The van der Waals surface area contributed by atoms with Crippen LogP contribution in [0.25, 0.3) is 11.1 Å². The van der Waals surface area contributed by atoms with Crippen LogP contribution in [-0.4, -0.2) is 37.0 Å². The van der Waals surface area contributed by atoms with E-state index in [0.29, 0.717) is 30.9 Å². The van der Waals surface area contributed by atoms with Crippen molar-refractivity contribution in [1.29, 1.82) is 5.26 Å². The first kappa shape index (κ1) is 28.5. The Bertz CT molecular complexity index is 1490. The van der Waals surface area contributed by atoms with Crippen LogP contribution in [0.4, 0.5) is 0 Å². The number of nitrogens with zero attached hydrogens (tertiary/aromatic N) is 1. The summed E-state index contributed by atoms with van der Waals surface area (Å²) in [6.07, 6.45) is 2.28. The third-order valence-electron chi connectivity index (χ3n) is 8.00. The number of carbonyl (C=O) groups is 1. The first-order valence-corrected chi connectivity index (χ1v) is 14.1. The predicted octanol–water partition coefficient (Wildman–Crippen LogP) is 6.49. The van der Waals surface area contributed by atoms with Crippen molar-refractivity contribution in [3.8, 4) is 34.4 Å². The molecule has 0 bridgehead atoms. The molecule has 1 unspecified atom stereocenters. The largest absolute Gasteiger partial charge is 0.493 e. The number of benzene rings is 3. The fourth-order valence-corrected chi connectivity index (χ4v) is 5.94. The van der Waals surface area contributed by atoms with Crippen LogP contribution in [0.3, 0.4) is 0 Å². The molecule has 41 heavy (non-hydrogen) atoms. The Hall–Kier alpha value is -4.02. The molecule has 0 saturated heterocycles. The third-order valence-corrected chi connectivity index (χ3v) is 8.00. The molecule has 1 N–H and O–H groups in total. The molecular formula is C34H37NO6. The van der Waals surface area contributed by atoms with Crippen molar-refractivity contribution < 1.29 is 28.8 Å². The number of hydrogen-bond donors (Lipinski definition) is 1. The number of aliphatic hydroxyl groups is 1. The van der Waals surface area contributed by atoms with Crippen LogP contribution >= 0.6 is 0 Å². The molecule has 2 atom stereocenters. The van der Waals surface area contributed by atoms with Gasteiger partial charge in [-0.05, 0) is 92.6 Å². The summed E-state index contributed by atoms with van der Waals surface area (Å²) in [5, 5.41) is 20.1. The van der Waals surface area contributed by atoms with Crippen LogP contribution in [0.1, 0.15) is 78.5 Å². The average molecular weight is 556 g/mol. The normalized spacial score (nSPS) is 17.3. The summed E-state index contributed by atoms with van der Waals surface area (Å²) in [4.78, 5) is 11.8. The van der Waals surface area contributed by atoms with Gasteiger partial charge in [0, 0.05) is 29.5 Å². The van der Waals surface area contributed by atoms with E-state index in [1.807, 2.05) is 56.3 Å². The lowest BCUT2D eigenvalue weighted by Crippen LogP contribution is -2.21. The molecule has 0 aromatic heterocycles. The van der Waals surface area contributed by atoms with E-state index in [0.717, 1.165) is 63.3 Å². The molecule has 3 aromatic rings. The van der Waals surface area contributed by atoms with E-state index in [4.69, 9.17) is 18.9 Å². The molecule has 0 spiro atoms. The predicted molar refractivity (Wildman–Crippen MR) is 155 cm³/mol. The molecule has 1 aliphatic heterocycles. The molecule has 0 fully saturated rings. The summed E-state index contributed by atoms with van der Waals surface area (Å²) in [5.41, 5.74) is 7.19. The fourth-order valence-electron chi connectivity index (χ4n) is 5.94. The standard InChI is InChI=1S/C34H37NO6/c1-20-14-25(39-13-12-34(3,4)37)15-21(2)32(20)33-22(18-35)6-8-27-28(33)10-11-29(27)41-24-7-9-26-23(16-31(36)38-5)19-40-30(26)17-24/h6-9,14-15,17,23,29,37H,10-13,16,19H2,1-5H3/t23?,29-/m1/s1. The van der Waals surface area contributed by atoms with Crippen molar-refractivity contribution in [2.24, 2.45) is 0 Å². The van der Waals surface area contributed by atoms with Crippen molar-refractivity contribution in [1.82, 2.24) is 0 Å². The van der Waals surface area contributed by atoms with Gasteiger partial charge in [0.05, 0.1) is 44.0 Å². The molecule has 0 radical (unpaired) electrons. The molecule has 7 heteroatoms. The van der Waals surface area contributed by atoms with Gasteiger partial charge in [0.25, 0.3) is 0 Å². The van der Waals surface area contributed by atoms with Crippen molar-refractivity contribution in [2.75, 3.05) is 20.3 Å². The summed E-state index contributed by atoms with van der Waals surface area (Å²) < 4.78 is 23.1. The number of rotatable bonds is 9. The number of esters is 1. The fraction of sp³-hybridized carbons (Fsp3) is 0.412. The highest BCUT2D eigenvalue weighted by Crippen LogP contribution is 2.45. The molecule has 214 valence electrons. The second-order valence-corrected chi connectivity index (χ2v) is 11.6. The molecule has 1 aliphatic carbocycles. The maximum Gasteiger partial charge on any atom is 0.306 e. The third kappa shape index (κ3) is 6.03. The van der Waals surface area contributed by atoms with Gasteiger partial charge in [-0.15, -0.1) is 0 Å². The minimum atomic E-state index is -0.783. The Morgan fingerprint density at radius 3 is 2.49 bits per heavy atom. The zero-order chi connectivity index (χ0) is 29.3. The van der Waals surface area contributed by atoms with Crippen LogP contribution in [0.2, 0.25) is 0 Å². The highest BCUT2D eigenvalue weighted by molar-refractivity contribution is 5.81. The van der Waals surface area contributed by atoms with E-state index in [1.54, 1.807) is 13.8 Å². The lowest BCUT2D eigenvalue weighted by Gasteiger charge is -2.20. The van der Waals surface area contributed by atoms with Crippen molar-refractivity contribution in [3.63, 3.8) is 0 Å². The Morgan fingerprint density at radius 2 is 1.80 bits per heavy atom. The van der Waals surface area contributed by atoms with Crippen LogP contribution < -0.4 is 14.2 Å². The van der Waals surface area contributed by atoms with E-state index in [9.17, 15) is 15.2 Å². The van der Waals surface area contributed by atoms with E-state index >= 15 is 0 Å². The minimum Gasteiger partial charge on any atom is -0.493 e. The van der Waals surface area contributed by atoms with Gasteiger partial charge < -0.3 is 24.1 Å². The molecule has 0 saturated carbocycles. The van der Waals surface area contributed by atoms with E-state index in [-0.39, 0.29) is 24.4 Å². The summed E-state index contributed by atoms with van der Waals surface area (Å²) >= 11 is 0. The Labute approximate surface area is 241 Å². The second-order valence-electron chi connectivity index (χ2n) is 11.6. The number of carbonyl (C=O) groups excluding carboxylic acids is 1. The quantitative estimate of drug-likeness (QED) is 0.302. The highest BCUT2D eigenvalue weighted by Gasteiger charge is 2.31. The summed E-state index contributed by atoms with van der Waals surface area (Å²) in [5.74, 6) is 1.95. The minimum absolute atomic E-state index is 0.0181. The summed E-state index contributed by atoms with van der Waals surface area (Å²) in [7, 11) is 1.40. The van der Waals surface area contributed by atoms with Crippen molar-refractivity contribution in [3.05, 3.63) is 75.8 Å². The zero-order valence-electron chi connectivity index (χ0n) is 24.4. The SMILES string of the molecule is COC(=O)CC1COc2cc(O[C@@H]3CCc4c3ccc(C#N)c4-c3c(C)cc(OCCC(C)(C)O)cc3C)ccc21. The zero-order valence-corrected chi connectivity index (χ0v) is 24.4. The highest BCUT2D eigenvalue weighted by atomic mass is 16.5. The number of hydrogen-bond acceptors (Lipinski definition) is 7. The Morgan fingerprint density at radius 1 is 1.07 bits per heavy atom. The van der Waals surface area contributed by atoms with E-state index in [2.05, 4.69) is 6.07 Å². The number of nitriles is 1. The lowest BCUT2D eigenvalue weighted by atomic mass is 9.87. The van der Waals surface area contributed by atoms with Gasteiger partial charge in [-0.25, -0.2) is 0 Å². The number of fused-ring (bicyclic) bond motifs is 2. The second kappa shape index (κ2) is 11.5. The van der Waals surface area contributed by atoms with Gasteiger partial charge in [0.2, 0.25) is 0 Å². The van der Waals surface area contributed by atoms with Crippen molar-refractivity contribution in [2.45, 2.75) is 71.0 Å². The first-order chi connectivity index (χ1) is 19.6. The van der Waals surface area contributed by atoms with Gasteiger partial charge in [-0.1, -0.05) is 12.1 Å².